The summed E-state index contributed by atoms with van der Waals surface area (Å²) >= 11 is -0.292. The molecule has 5 rings (SSSR count). The third-order valence-corrected chi connectivity index (χ3v) is 7.16. The summed E-state index contributed by atoms with van der Waals surface area (Å²) in [4.78, 5) is 0. The van der Waals surface area contributed by atoms with E-state index in [1.54, 1.807) is 3.88 Å². The van der Waals surface area contributed by atoms with Crippen LogP contribution in [0.2, 0.25) is 0 Å². The molecule has 0 amide bonds. The number of hydrogen-bond donors (Lipinski definition) is 0. The third-order valence-electron chi connectivity index (χ3n) is 4.60. The number of nitrogens with zero attached hydrogens (tertiary/aromatic N) is 3. The van der Waals surface area contributed by atoms with Gasteiger partial charge in [0.2, 0.25) is 0 Å². The number of rotatable bonds is 3. The second-order valence-electron chi connectivity index (χ2n) is 6.09. The molecular weight excluding hydrogens is 401 g/mol. The summed E-state index contributed by atoms with van der Waals surface area (Å²) in [6.07, 6.45) is 10.2. The Bertz CT molecular complexity index is 1040. The summed E-state index contributed by atoms with van der Waals surface area (Å²) in [6.45, 7) is 0. The fourth-order valence-electron chi connectivity index (χ4n) is 3.44. The van der Waals surface area contributed by atoms with Crippen LogP contribution in [0.15, 0.2) is 70.6 Å². The Morgan fingerprint density at radius 1 is 1.00 bits per heavy atom. The summed E-state index contributed by atoms with van der Waals surface area (Å²) in [7, 11) is 0. The molecule has 3 nitrogen and oxygen atoms in total. The van der Waals surface area contributed by atoms with E-state index in [1.807, 2.05) is 16.8 Å². The molecule has 0 spiro atoms. The van der Waals surface area contributed by atoms with Crippen LogP contribution < -0.4 is 24.8 Å². The molecular formula is C20H15Cl2N3Ti. The second-order valence-corrected chi connectivity index (χ2v) is 8.44. The SMILES string of the molecule is C1=CC[C]([Ti+2][CH]2C(n3nnc4ccccc43)=Cc3ccccc32)=C1.[Cl-].[Cl-]. The number of benzene rings is 2. The van der Waals surface area contributed by atoms with Crippen LogP contribution in [0.5, 0.6) is 0 Å². The number of allylic oxidation sites excluding steroid dienone is 5. The monoisotopic (exact) mass is 415 g/mol. The van der Waals surface area contributed by atoms with E-state index >= 15 is 0 Å². The average molecular weight is 416 g/mol. The Morgan fingerprint density at radius 2 is 1.81 bits per heavy atom. The molecule has 0 saturated carbocycles. The predicted molar refractivity (Wildman–Crippen MR) is 92.7 cm³/mol. The molecule has 0 fully saturated rings. The van der Waals surface area contributed by atoms with Crippen LogP contribution >= 0.6 is 0 Å². The Kier molecular flexibility index (Phi) is 5.84. The number of aromatic nitrogens is 3. The average Bonchev–Trinajstić information content (AvgIpc) is 3.34. The van der Waals surface area contributed by atoms with E-state index in [0.29, 0.717) is 4.22 Å². The van der Waals surface area contributed by atoms with Gasteiger partial charge in [-0.15, -0.1) is 0 Å². The van der Waals surface area contributed by atoms with Crippen LogP contribution in [0.25, 0.3) is 22.8 Å². The third kappa shape index (κ3) is 3.21. The van der Waals surface area contributed by atoms with E-state index in [2.05, 4.69) is 71.0 Å². The van der Waals surface area contributed by atoms with Gasteiger partial charge in [-0.25, -0.2) is 0 Å². The molecule has 26 heavy (non-hydrogen) atoms. The van der Waals surface area contributed by atoms with Gasteiger partial charge in [-0.3, -0.25) is 0 Å². The van der Waals surface area contributed by atoms with Gasteiger partial charge < -0.3 is 24.8 Å². The van der Waals surface area contributed by atoms with Crippen molar-refractivity contribution in [1.29, 1.82) is 0 Å². The van der Waals surface area contributed by atoms with Crippen molar-refractivity contribution >= 4 is 22.8 Å². The fraction of sp³-hybridized carbons (Fsp3) is 0.100. The van der Waals surface area contributed by atoms with Gasteiger partial charge in [0, 0.05) is 0 Å². The van der Waals surface area contributed by atoms with Crippen LogP contribution in [0.4, 0.5) is 0 Å². The molecule has 2 aliphatic rings. The first kappa shape index (κ1) is 19.1. The van der Waals surface area contributed by atoms with Crippen LogP contribution in [0, 0.1) is 0 Å². The molecule has 6 heteroatoms. The maximum absolute atomic E-state index is 4.47. The first-order valence-electron chi connectivity index (χ1n) is 8.14. The first-order chi connectivity index (χ1) is 11.9. The van der Waals surface area contributed by atoms with Crippen molar-refractivity contribution in [1.82, 2.24) is 15.0 Å². The van der Waals surface area contributed by atoms with Crippen molar-refractivity contribution in [2.45, 2.75) is 10.6 Å². The van der Waals surface area contributed by atoms with Gasteiger partial charge in [-0.05, 0) is 0 Å². The van der Waals surface area contributed by atoms with Crippen LogP contribution in [0.1, 0.15) is 21.8 Å². The van der Waals surface area contributed by atoms with Crippen molar-refractivity contribution in [2.24, 2.45) is 0 Å². The summed E-state index contributed by atoms with van der Waals surface area (Å²) in [5.41, 5.74) is 6.09. The fourth-order valence-corrected chi connectivity index (χ4v) is 5.89. The number of fused-ring (bicyclic) bond motifs is 2. The summed E-state index contributed by atoms with van der Waals surface area (Å²) in [6, 6.07) is 16.9. The number of halogens is 2. The van der Waals surface area contributed by atoms with E-state index < -0.39 is 0 Å². The molecule has 2 aromatic carbocycles. The summed E-state index contributed by atoms with van der Waals surface area (Å²) in [5, 5.41) is 8.82. The van der Waals surface area contributed by atoms with Crippen molar-refractivity contribution in [3.05, 3.63) is 81.8 Å². The molecule has 1 atom stereocenters. The molecule has 1 unspecified atom stereocenters. The van der Waals surface area contributed by atoms with Crippen molar-refractivity contribution in [3.63, 3.8) is 0 Å². The van der Waals surface area contributed by atoms with E-state index in [1.165, 1.54) is 16.8 Å². The van der Waals surface area contributed by atoms with Gasteiger partial charge in [0.05, 0.1) is 0 Å². The Labute approximate surface area is 173 Å². The molecule has 0 saturated heterocycles. The summed E-state index contributed by atoms with van der Waals surface area (Å²) < 4.78 is 4.11. The summed E-state index contributed by atoms with van der Waals surface area (Å²) in [5.74, 6) is 0. The van der Waals surface area contributed by atoms with Gasteiger partial charge in [-0.1, -0.05) is 0 Å². The molecule has 0 aliphatic heterocycles. The molecule has 3 aromatic rings. The van der Waals surface area contributed by atoms with Gasteiger partial charge in [0.15, 0.2) is 0 Å². The number of hydrogen-bond acceptors (Lipinski definition) is 2. The molecule has 1 aromatic heterocycles. The maximum atomic E-state index is 4.47. The maximum Gasteiger partial charge on any atom is -1.00 e. The quantitative estimate of drug-likeness (QED) is 0.483. The molecule has 0 bridgehead atoms. The van der Waals surface area contributed by atoms with Gasteiger partial charge in [-0.2, -0.15) is 0 Å². The van der Waals surface area contributed by atoms with Crippen LogP contribution in [-0.4, -0.2) is 15.0 Å². The van der Waals surface area contributed by atoms with Crippen LogP contribution in [0.3, 0.4) is 0 Å². The molecule has 2 aliphatic carbocycles. The van der Waals surface area contributed by atoms with E-state index in [-0.39, 0.29) is 44.0 Å². The zero-order chi connectivity index (χ0) is 15.9. The first-order valence-corrected chi connectivity index (χ1v) is 9.82. The van der Waals surface area contributed by atoms with E-state index in [9.17, 15) is 0 Å². The smallest absolute Gasteiger partial charge is 1.00 e. The minimum Gasteiger partial charge on any atom is -1.00 e. The number of para-hydroxylation sites is 1. The zero-order valence-electron chi connectivity index (χ0n) is 13.8. The zero-order valence-corrected chi connectivity index (χ0v) is 16.9. The van der Waals surface area contributed by atoms with Crippen LogP contribution in [-0.2, 0) is 19.2 Å². The Balaban J connectivity index is 0.000000980. The van der Waals surface area contributed by atoms with Gasteiger partial charge >= 0.3 is 149 Å². The molecule has 0 N–H and O–H groups in total. The van der Waals surface area contributed by atoms with Gasteiger partial charge in [0.1, 0.15) is 0 Å². The van der Waals surface area contributed by atoms with E-state index in [4.69, 9.17) is 0 Å². The van der Waals surface area contributed by atoms with E-state index in [0.717, 1.165) is 17.5 Å². The molecule has 0 radical (unpaired) electrons. The normalized spacial score (nSPS) is 17.0. The Hall–Kier alpha value is -1.65. The predicted octanol–water partition coefficient (Wildman–Crippen LogP) is -1.58. The van der Waals surface area contributed by atoms with Gasteiger partial charge in [0.25, 0.3) is 0 Å². The Morgan fingerprint density at radius 3 is 2.65 bits per heavy atom. The standard InChI is InChI=1S/C15H10N3.C5H5.2ClH.Ti/c1-2-6-12-10-13(9-11(12)5-1)18-15-8-4-3-7-14(15)16-17-18;1-2-4-5-3-1;;;/h1-10H;1-3H,4H2;2*1H;/q;;;;+2/p-2. The largest absolute Gasteiger partial charge is 1.00 e. The topological polar surface area (TPSA) is 30.7 Å². The van der Waals surface area contributed by atoms with Crippen molar-refractivity contribution in [3.8, 4) is 0 Å². The van der Waals surface area contributed by atoms with Crippen molar-refractivity contribution in [2.75, 3.05) is 0 Å². The molecule has 1 heterocycles. The van der Waals surface area contributed by atoms with Crippen molar-refractivity contribution < 1.29 is 44.0 Å². The minimum absolute atomic E-state index is 0. The molecule has 128 valence electrons. The second kappa shape index (κ2) is 7.93. The minimum atomic E-state index is -0.292.